The van der Waals surface area contributed by atoms with E-state index in [9.17, 15) is 4.79 Å². The Kier molecular flexibility index (Phi) is 4.87. The van der Waals surface area contributed by atoms with Gasteiger partial charge >= 0.3 is 6.03 Å². The van der Waals surface area contributed by atoms with Crippen LogP contribution < -0.4 is 5.32 Å². The van der Waals surface area contributed by atoms with Crippen LogP contribution >= 0.6 is 0 Å². The number of carbonyl (C=O) groups is 1. The molecule has 0 bridgehead atoms. The smallest absolute Gasteiger partial charge is 0.317 e. The van der Waals surface area contributed by atoms with Crippen LogP contribution in [0.5, 0.6) is 0 Å². The third-order valence-electron chi connectivity index (χ3n) is 4.99. The molecule has 4 rings (SSSR count). The van der Waals surface area contributed by atoms with Crippen LogP contribution in [-0.4, -0.2) is 38.8 Å². The summed E-state index contributed by atoms with van der Waals surface area (Å²) in [5, 5.41) is 7.34. The van der Waals surface area contributed by atoms with Crippen LogP contribution in [0.3, 0.4) is 0 Å². The molecule has 1 aliphatic rings. The Bertz CT molecular complexity index is 921. The van der Waals surface area contributed by atoms with Crippen LogP contribution in [0.1, 0.15) is 17.8 Å². The van der Waals surface area contributed by atoms with Crippen LogP contribution in [0, 0.1) is 0 Å². The first-order valence-electron chi connectivity index (χ1n) is 9.22. The van der Waals surface area contributed by atoms with Gasteiger partial charge in [-0.3, -0.25) is 0 Å². The van der Waals surface area contributed by atoms with Gasteiger partial charge in [0.15, 0.2) is 0 Å². The molecule has 0 fully saturated rings. The van der Waals surface area contributed by atoms with Crippen molar-refractivity contribution < 1.29 is 4.79 Å². The summed E-state index contributed by atoms with van der Waals surface area (Å²) >= 11 is 0. The van der Waals surface area contributed by atoms with Crippen molar-refractivity contribution >= 4 is 6.03 Å². The van der Waals surface area contributed by atoms with E-state index in [0.717, 1.165) is 35.4 Å². The molecule has 6 nitrogen and oxygen atoms in total. The number of urea groups is 1. The van der Waals surface area contributed by atoms with Gasteiger partial charge in [0.1, 0.15) is 12.2 Å². The van der Waals surface area contributed by atoms with Gasteiger partial charge in [-0.05, 0) is 23.1 Å². The van der Waals surface area contributed by atoms with Crippen LogP contribution in [0.4, 0.5) is 4.79 Å². The lowest BCUT2D eigenvalue weighted by molar-refractivity contribution is 0.198. The summed E-state index contributed by atoms with van der Waals surface area (Å²) in [7, 11) is 1.83. The number of nitrogens with one attached hydrogen (secondary N) is 1. The highest BCUT2D eigenvalue weighted by atomic mass is 16.2. The summed E-state index contributed by atoms with van der Waals surface area (Å²) in [6, 6.07) is 18.5. The molecular formula is C21H23N5O. The second-order valence-electron chi connectivity index (χ2n) is 6.92. The van der Waals surface area contributed by atoms with Crippen molar-refractivity contribution in [1.82, 2.24) is 25.0 Å². The van der Waals surface area contributed by atoms with Gasteiger partial charge in [0.2, 0.25) is 0 Å². The maximum atomic E-state index is 12.7. The molecule has 0 aliphatic carbocycles. The highest BCUT2D eigenvalue weighted by Crippen LogP contribution is 2.24. The Balaban J connectivity index is 1.42. The van der Waals surface area contributed by atoms with Gasteiger partial charge < -0.3 is 10.2 Å². The predicted octanol–water partition coefficient (Wildman–Crippen LogP) is 3.10. The Morgan fingerprint density at radius 2 is 1.96 bits per heavy atom. The fraction of sp³-hybridized carbons (Fsp3) is 0.286. The normalized spacial score (nSPS) is 15.8. The van der Waals surface area contributed by atoms with E-state index in [1.807, 2.05) is 42.1 Å². The Labute approximate surface area is 158 Å². The second-order valence-corrected chi connectivity index (χ2v) is 6.92. The number of carbonyl (C=O) groups excluding carboxylic acids is 1. The van der Waals surface area contributed by atoms with Crippen LogP contribution in [0.15, 0.2) is 60.9 Å². The number of benzene rings is 2. The second kappa shape index (κ2) is 7.61. The minimum atomic E-state index is -0.0635. The average molecular weight is 361 g/mol. The van der Waals surface area contributed by atoms with Crippen molar-refractivity contribution in [3.05, 3.63) is 72.3 Å². The largest absolute Gasteiger partial charge is 0.333 e. The Morgan fingerprint density at radius 1 is 1.19 bits per heavy atom. The van der Waals surface area contributed by atoms with E-state index in [1.165, 1.54) is 0 Å². The van der Waals surface area contributed by atoms with Crippen molar-refractivity contribution in [3.8, 4) is 11.1 Å². The zero-order valence-corrected chi connectivity index (χ0v) is 15.4. The molecule has 1 unspecified atom stereocenters. The number of aryl methyl sites for hydroxylation is 1. The summed E-state index contributed by atoms with van der Waals surface area (Å²) in [5.41, 5.74) is 3.44. The minimum absolute atomic E-state index is 0.0635. The molecule has 3 aromatic rings. The van der Waals surface area contributed by atoms with Crippen LogP contribution in [0.25, 0.3) is 11.1 Å². The monoisotopic (exact) mass is 361 g/mol. The zero-order valence-electron chi connectivity index (χ0n) is 15.4. The summed E-state index contributed by atoms with van der Waals surface area (Å²) in [6.45, 7) is 1.23. The zero-order chi connectivity index (χ0) is 18.6. The molecule has 1 atom stereocenters. The van der Waals surface area contributed by atoms with Crippen LogP contribution in [0.2, 0.25) is 0 Å². The number of hydrogen-bond acceptors (Lipinski definition) is 3. The van der Waals surface area contributed by atoms with Gasteiger partial charge in [-0.1, -0.05) is 54.6 Å². The van der Waals surface area contributed by atoms with E-state index in [4.69, 9.17) is 0 Å². The highest BCUT2D eigenvalue weighted by molar-refractivity contribution is 5.75. The number of aromatic nitrogens is 3. The molecule has 0 radical (unpaired) electrons. The number of hydrogen-bond donors (Lipinski definition) is 1. The van der Waals surface area contributed by atoms with Gasteiger partial charge in [0, 0.05) is 20.0 Å². The van der Waals surface area contributed by atoms with Gasteiger partial charge in [-0.15, -0.1) is 0 Å². The first-order chi connectivity index (χ1) is 13.2. The first-order valence-corrected chi connectivity index (χ1v) is 9.22. The fourth-order valence-electron chi connectivity index (χ4n) is 3.53. The summed E-state index contributed by atoms with van der Waals surface area (Å²) in [6.07, 6.45) is 3.30. The number of amides is 2. The van der Waals surface area contributed by atoms with Crippen molar-refractivity contribution in [1.29, 1.82) is 0 Å². The minimum Gasteiger partial charge on any atom is -0.333 e. The molecule has 27 heavy (non-hydrogen) atoms. The molecule has 2 heterocycles. The molecule has 0 saturated heterocycles. The molecular weight excluding hydrogens is 338 g/mol. The summed E-state index contributed by atoms with van der Waals surface area (Å²) < 4.78 is 1.87. The van der Waals surface area contributed by atoms with Crippen molar-refractivity contribution in [2.75, 3.05) is 7.05 Å². The van der Waals surface area contributed by atoms with E-state index in [2.05, 4.69) is 39.7 Å². The molecule has 0 saturated carbocycles. The van der Waals surface area contributed by atoms with E-state index in [-0.39, 0.29) is 12.1 Å². The molecule has 1 aliphatic heterocycles. The topological polar surface area (TPSA) is 63.1 Å². The van der Waals surface area contributed by atoms with Crippen molar-refractivity contribution in [2.24, 2.45) is 0 Å². The van der Waals surface area contributed by atoms with Crippen molar-refractivity contribution in [3.63, 3.8) is 0 Å². The highest BCUT2D eigenvalue weighted by Gasteiger charge is 2.22. The molecule has 1 N–H and O–H groups in total. The molecule has 2 amide bonds. The maximum absolute atomic E-state index is 12.7. The standard InChI is InChI=1S/C21H23N5O/c1-25(21(27)24-18-11-12-20-22-15-23-26(20)14-18)13-17-9-5-6-10-19(17)16-7-3-2-4-8-16/h2-10,15,18H,11-14H2,1H3,(H,24,27). The lowest BCUT2D eigenvalue weighted by Crippen LogP contribution is -2.46. The van der Waals surface area contributed by atoms with Gasteiger partial charge in [0.05, 0.1) is 12.6 Å². The number of fused-ring (bicyclic) bond motifs is 1. The summed E-state index contributed by atoms with van der Waals surface area (Å²) in [4.78, 5) is 18.6. The average Bonchev–Trinajstić information content (AvgIpc) is 3.17. The Hall–Kier alpha value is -3.15. The van der Waals surface area contributed by atoms with Gasteiger partial charge in [-0.25, -0.2) is 14.5 Å². The SMILES string of the molecule is CN(Cc1ccccc1-c1ccccc1)C(=O)NC1CCc2ncnn2C1. The lowest BCUT2D eigenvalue weighted by Gasteiger charge is -2.27. The fourth-order valence-corrected chi connectivity index (χ4v) is 3.53. The van der Waals surface area contributed by atoms with E-state index < -0.39 is 0 Å². The first kappa shape index (κ1) is 17.3. The summed E-state index contributed by atoms with van der Waals surface area (Å²) in [5.74, 6) is 0.991. The number of rotatable bonds is 4. The molecule has 0 spiro atoms. The van der Waals surface area contributed by atoms with E-state index in [1.54, 1.807) is 11.2 Å². The van der Waals surface area contributed by atoms with Gasteiger partial charge in [0.25, 0.3) is 0 Å². The van der Waals surface area contributed by atoms with E-state index >= 15 is 0 Å². The molecule has 2 aromatic carbocycles. The molecule has 138 valence electrons. The Morgan fingerprint density at radius 3 is 2.81 bits per heavy atom. The van der Waals surface area contributed by atoms with Gasteiger partial charge in [-0.2, -0.15) is 5.10 Å². The quantitative estimate of drug-likeness (QED) is 0.777. The van der Waals surface area contributed by atoms with Crippen molar-refractivity contribution in [2.45, 2.75) is 32.0 Å². The third-order valence-corrected chi connectivity index (χ3v) is 4.99. The third kappa shape index (κ3) is 3.84. The molecule has 1 aromatic heterocycles. The lowest BCUT2D eigenvalue weighted by atomic mass is 9.99. The van der Waals surface area contributed by atoms with E-state index in [0.29, 0.717) is 13.1 Å². The number of nitrogens with zero attached hydrogens (tertiary/aromatic N) is 4. The molecule has 6 heteroatoms. The predicted molar refractivity (Wildman–Crippen MR) is 104 cm³/mol. The maximum Gasteiger partial charge on any atom is 0.317 e. The van der Waals surface area contributed by atoms with Crippen LogP contribution in [-0.2, 0) is 19.5 Å².